The molecule has 2 unspecified atom stereocenters. The molecule has 0 N–H and O–H groups in total. The van der Waals surface area contributed by atoms with Crippen LogP contribution >= 0.6 is 0 Å². The Labute approximate surface area is 323 Å². The van der Waals surface area contributed by atoms with Crippen LogP contribution in [0.4, 0.5) is 0 Å². The summed E-state index contributed by atoms with van der Waals surface area (Å²) in [4.78, 5) is 72.0. The van der Waals surface area contributed by atoms with Crippen LogP contribution in [0, 0.1) is 46.3 Å². The zero-order valence-corrected chi connectivity index (χ0v) is 34.2. The number of benzene rings is 1. The van der Waals surface area contributed by atoms with Crippen molar-refractivity contribution in [3.05, 3.63) is 48.0 Å². The molecule has 0 radical (unpaired) electrons. The zero-order valence-electron chi connectivity index (χ0n) is 33.4. The molecule has 4 fully saturated rings. The van der Waals surface area contributed by atoms with Crippen LogP contribution in [0.5, 0.6) is 0 Å². The molecule has 1 amide bonds. The maximum atomic E-state index is 15.1. The van der Waals surface area contributed by atoms with E-state index in [-0.39, 0.29) is 72.1 Å². The zero-order chi connectivity index (χ0) is 39.2. The number of carbonyl (C=O) groups is 5. The van der Waals surface area contributed by atoms with Gasteiger partial charge in [0, 0.05) is 44.1 Å². The molecule has 9 heteroatoms. The van der Waals surface area contributed by atoms with E-state index in [1.807, 2.05) is 12.1 Å². The van der Waals surface area contributed by atoms with Gasteiger partial charge in [0.1, 0.15) is 5.78 Å². The molecule has 8 nitrogen and oxygen atoms in total. The summed E-state index contributed by atoms with van der Waals surface area (Å²) in [6, 6.07) is 7.47. The lowest BCUT2D eigenvalue weighted by atomic mass is 9.71. The van der Waals surface area contributed by atoms with E-state index in [0.29, 0.717) is 51.0 Å². The van der Waals surface area contributed by atoms with E-state index in [0.717, 1.165) is 32.1 Å². The van der Waals surface area contributed by atoms with Crippen LogP contribution in [0.3, 0.4) is 0 Å². The van der Waals surface area contributed by atoms with Gasteiger partial charge < -0.3 is 4.90 Å². The largest absolute Gasteiger partial charge is 0.332 e. The van der Waals surface area contributed by atoms with Crippen molar-refractivity contribution in [3.63, 3.8) is 0 Å². The summed E-state index contributed by atoms with van der Waals surface area (Å²) in [5, 5.41) is 0. The van der Waals surface area contributed by atoms with Gasteiger partial charge in [0.2, 0.25) is 11.7 Å². The quantitative estimate of drug-likeness (QED) is 0.112. The molecule has 1 saturated heterocycles. The number of Topliss-reactive ketones (excluding diaryl/α,β-unsaturated/α-hetero) is 4. The Bertz CT molecular complexity index is 1730. The summed E-state index contributed by atoms with van der Waals surface area (Å²) in [6.07, 6.45) is 10.2. The Hall–Kier alpha value is -2.94. The van der Waals surface area contributed by atoms with Gasteiger partial charge in [0.25, 0.3) is 0 Å². The van der Waals surface area contributed by atoms with E-state index < -0.39 is 49.4 Å². The molecule has 0 spiro atoms. The average molecular weight is 762 g/mol. The molecule has 0 bridgehead atoms. The highest BCUT2D eigenvalue weighted by Gasteiger charge is 2.69. The number of allylic oxidation sites excluding steroid dienone is 1. The lowest BCUT2D eigenvalue weighted by molar-refractivity contribution is -0.147. The summed E-state index contributed by atoms with van der Waals surface area (Å²) in [7, 11) is -3.49. The first-order chi connectivity index (χ1) is 25.4. The molecule has 5 atom stereocenters. The smallest absolute Gasteiger partial charge is 0.227 e. The summed E-state index contributed by atoms with van der Waals surface area (Å²) in [5.74, 6) is -2.35. The summed E-state index contributed by atoms with van der Waals surface area (Å²) in [5.41, 5.74) is 1.58. The molecule has 0 aromatic heterocycles. The predicted octanol–water partition coefficient (Wildman–Crippen LogP) is 7.49. The molecule has 5 aliphatic rings. The van der Waals surface area contributed by atoms with Crippen molar-refractivity contribution in [2.75, 3.05) is 12.3 Å². The van der Waals surface area contributed by atoms with E-state index in [1.54, 1.807) is 31.7 Å². The molecular formula is C45H63NO7S. The average Bonchev–Trinajstić information content (AvgIpc) is 3.86. The minimum Gasteiger partial charge on any atom is -0.332 e. The van der Waals surface area contributed by atoms with Crippen LogP contribution in [0.15, 0.2) is 36.9 Å². The molecule has 6 rings (SSSR count). The second kappa shape index (κ2) is 15.5. The molecule has 1 heterocycles. The summed E-state index contributed by atoms with van der Waals surface area (Å²) < 4.78 is 26.2. The number of sulfone groups is 1. The highest BCUT2D eigenvalue weighted by molar-refractivity contribution is 7.92. The summed E-state index contributed by atoms with van der Waals surface area (Å²) in [6.45, 7) is 13.5. The van der Waals surface area contributed by atoms with Crippen LogP contribution in [0.1, 0.15) is 129 Å². The number of fused-ring (bicyclic) bond motifs is 2. The van der Waals surface area contributed by atoms with E-state index >= 15 is 4.79 Å². The Balaban J connectivity index is 1.26. The third kappa shape index (κ3) is 8.56. The van der Waals surface area contributed by atoms with Gasteiger partial charge in [0.05, 0.1) is 16.5 Å². The van der Waals surface area contributed by atoms with Crippen molar-refractivity contribution in [2.24, 2.45) is 46.3 Å². The molecule has 3 saturated carbocycles. The van der Waals surface area contributed by atoms with Crippen molar-refractivity contribution in [2.45, 2.75) is 142 Å². The van der Waals surface area contributed by atoms with Gasteiger partial charge in [-0.15, -0.1) is 6.58 Å². The molecular weight excluding hydrogens is 699 g/mol. The Morgan fingerprint density at radius 3 is 2.17 bits per heavy atom. The van der Waals surface area contributed by atoms with Crippen LogP contribution in [0.25, 0.3) is 0 Å². The van der Waals surface area contributed by atoms with E-state index in [4.69, 9.17) is 0 Å². The first-order valence-corrected chi connectivity index (χ1v) is 22.3. The number of piperidine rings is 1. The number of ketones is 4. The Morgan fingerprint density at radius 2 is 1.59 bits per heavy atom. The van der Waals surface area contributed by atoms with Gasteiger partial charge in [0.15, 0.2) is 21.4 Å². The number of hydrogen-bond acceptors (Lipinski definition) is 7. The molecule has 54 heavy (non-hydrogen) atoms. The maximum absolute atomic E-state index is 15.1. The topological polar surface area (TPSA) is 123 Å². The van der Waals surface area contributed by atoms with E-state index in [9.17, 15) is 27.6 Å². The van der Waals surface area contributed by atoms with Crippen LogP contribution in [-0.4, -0.2) is 65.4 Å². The fourth-order valence-corrected chi connectivity index (χ4v) is 12.1. The lowest BCUT2D eigenvalue weighted by Crippen LogP contribution is -2.50. The highest BCUT2D eigenvalue weighted by atomic mass is 32.2. The molecule has 1 aromatic rings. The lowest BCUT2D eigenvalue weighted by Gasteiger charge is -2.39. The first kappa shape index (κ1) is 40.7. The van der Waals surface area contributed by atoms with Crippen molar-refractivity contribution in [1.29, 1.82) is 0 Å². The normalized spacial score (nSPS) is 25.6. The van der Waals surface area contributed by atoms with Gasteiger partial charge in [-0.05, 0) is 105 Å². The highest BCUT2D eigenvalue weighted by Crippen LogP contribution is 2.65. The summed E-state index contributed by atoms with van der Waals surface area (Å²) >= 11 is 0. The second-order valence-corrected chi connectivity index (χ2v) is 22.2. The van der Waals surface area contributed by atoms with Gasteiger partial charge >= 0.3 is 0 Å². The number of likely N-dealkylation sites (tertiary alicyclic amines) is 1. The molecule has 4 aliphatic carbocycles. The first-order valence-electron chi connectivity index (χ1n) is 20.7. The molecule has 1 aromatic carbocycles. The van der Waals surface area contributed by atoms with Crippen LogP contribution in [-0.2, 0) is 46.7 Å². The minimum atomic E-state index is -3.49. The van der Waals surface area contributed by atoms with Crippen molar-refractivity contribution < 1.29 is 32.4 Å². The van der Waals surface area contributed by atoms with Crippen molar-refractivity contribution in [1.82, 2.24) is 4.90 Å². The second-order valence-electron chi connectivity index (χ2n) is 19.4. The predicted molar refractivity (Wildman–Crippen MR) is 210 cm³/mol. The number of amides is 1. The standard InChI is InChI=1S/C45H63NO7S/c1-7-8-16-37(48)41(50)33(21-29-17-18-29)24-38(49)40-39-36(44(39,5)6)27-46(40)42(51)35(32-22-30-14-10-11-15-31(30)23-32)25-34(47)26-45(19-12-9-13-20-45)28-54(52,53)43(2,3)4/h7,10-11,14-15,29,32-33,35-36,39-40H,1,8-9,12-13,16-28H2,2-6H3/t33?,35-,36?,39-,40+/m0/s1. The fourth-order valence-electron chi connectivity index (χ4n) is 10.4. The van der Waals surface area contributed by atoms with Crippen molar-refractivity contribution >= 4 is 38.9 Å². The fraction of sp³-hybridized carbons (Fsp3) is 0.711. The number of rotatable bonds is 18. The van der Waals surface area contributed by atoms with Gasteiger partial charge in [-0.1, -0.05) is 76.3 Å². The molecule has 296 valence electrons. The van der Waals surface area contributed by atoms with Gasteiger partial charge in [-0.2, -0.15) is 0 Å². The number of hydrogen-bond donors (Lipinski definition) is 0. The SMILES string of the molecule is C=CCCC(=O)C(=O)C(CC(=O)[C@@H]1[C@@H]2C(CN1C(=O)[C@@H](CC(=O)CC1(CS(=O)(=O)C(C)(C)C)CCCCC1)C1Cc3ccccc3C1)C2(C)C)CC1CC1. The maximum Gasteiger partial charge on any atom is 0.227 e. The van der Waals surface area contributed by atoms with Crippen LogP contribution < -0.4 is 0 Å². The van der Waals surface area contributed by atoms with E-state index in [1.165, 1.54) is 11.1 Å². The monoisotopic (exact) mass is 761 g/mol. The Kier molecular flexibility index (Phi) is 11.7. The minimum absolute atomic E-state index is 0.0194. The number of nitrogens with zero attached hydrogens (tertiary/aromatic N) is 1. The third-order valence-corrected chi connectivity index (χ3v) is 17.0. The Morgan fingerprint density at radius 1 is 0.963 bits per heavy atom. The van der Waals surface area contributed by atoms with Gasteiger partial charge in [-0.3, -0.25) is 24.0 Å². The van der Waals surface area contributed by atoms with Gasteiger partial charge in [-0.25, -0.2) is 8.42 Å². The third-order valence-electron chi connectivity index (χ3n) is 14.1. The van der Waals surface area contributed by atoms with E-state index in [2.05, 4.69) is 32.6 Å². The van der Waals surface area contributed by atoms with Crippen LogP contribution in [0.2, 0.25) is 0 Å². The molecule has 1 aliphatic heterocycles. The number of carbonyl (C=O) groups excluding carboxylic acids is 5. The van der Waals surface area contributed by atoms with Crippen molar-refractivity contribution in [3.8, 4) is 0 Å².